The summed E-state index contributed by atoms with van der Waals surface area (Å²) in [5.74, 6) is -0.760. The lowest BCUT2D eigenvalue weighted by Gasteiger charge is -2.05. The predicted octanol–water partition coefficient (Wildman–Crippen LogP) is 2.87. The van der Waals surface area contributed by atoms with Crippen molar-refractivity contribution < 1.29 is 13.9 Å². The number of carbonyl (C=O) groups is 1. The summed E-state index contributed by atoms with van der Waals surface area (Å²) in [4.78, 5) is 14.4. The minimum absolute atomic E-state index is 0.171. The van der Waals surface area contributed by atoms with Gasteiger partial charge in [0.05, 0.1) is 6.10 Å². The molecule has 0 bridgehead atoms. The Morgan fingerprint density at radius 3 is 2.81 bits per heavy atom. The van der Waals surface area contributed by atoms with Crippen LogP contribution in [0.5, 0.6) is 0 Å². The minimum Gasteiger partial charge on any atom is -0.458 e. The van der Waals surface area contributed by atoms with Gasteiger partial charge in [0.15, 0.2) is 0 Å². The smallest absolute Gasteiger partial charge is 0.355 e. The maximum atomic E-state index is 12.9. The summed E-state index contributed by atoms with van der Waals surface area (Å²) in [7, 11) is 0. The third-order valence-corrected chi connectivity index (χ3v) is 2.15. The van der Waals surface area contributed by atoms with Gasteiger partial charge in [0, 0.05) is 10.9 Å². The van der Waals surface area contributed by atoms with Gasteiger partial charge in [0.2, 0.25) is 0 Å². The normalized spacial score (nSPS) is 11.0. The first-order chi connectivity index (χ1) is 7.56. The summed E-state index contributed by atoms with van der Waals surface area (Å²) >= 11 is 0. The number of H-pyrrole nitrogens is 1. The maximum Gasteiger partial charge on any atom is 0.355 e. The SMILES string of the molecule is CC(C)OC(=O)c1cc2ccc(F)cc2[nH]1. The fraction of sp³-hybridized carbons (Fsp3) is 0.250. The van der Waals surface area contributed by atoms with Crippen LogP contribution in [0, 0.1) is 5.82 Å². The van der Waals surface area contributed by atoms with E-state index in [2.05, 4.69) is 4.98 Å². The molecule has 1 aromatic carbocycles. The third-order valence-electron chi connectivity index (χ3n) is 2.15. The van der Waals surface area contributed by atoms with Crippen LogP contribution in [0.2, 0.25) is 0 Å². The molecular weight excluding hydrogens is 209 g/mol. The topological polar surface area (TPSA) is 42.1 Å². The third kappa shape index (κ3) is 2.05. The second-order valence-electron chi connectivity index (χ2n) is 3.87. The summed E-state index contributed by atoms with van der Waals surface area (Å²) in [6, 6.07) is 5.97. The molecule has 2 rings (SSSR count). The van der Waals surface area contributed by atoms with E-state index < -0.39 is 5.97 Å². The molecule has 0 amide bonds. The quantitative estimate of drug-likeness (QED) is 0.792. The van der Waals surface area contributed by atoms with Crippen molar-refractivity contribution in [2.45, 2.75) is 20.0 Å². The van der Waals surface area contributed by atoms with Crippen LogP contribution in [-0.4, -0.2) is 17.1 Å². The average molecular weight is 221 g/mol. The molecule has 2 aromatic rings. The summed E-state index contributed by atoms with van der Waals surface area (Å²) < 4.78 is 18.0. The molecule has 0 aliphatic heterocycles. The minimum atomic E-state index is -0.424. The van der Waals surface area contributed by atoms with Gasteiger partial charge in [-0.05, 0) is 38.1 Å². The van der Waals surface area contributed by atoms with Gasteiger partial charge in [-0.2, -0.15) is 0 Å². The van der Waals surface area contributed by atoms with Crippen LogP contribution in [0.25, 0.3) is 10.9 Å². The zero-order chi connectivity index (χ0) is 11.7. The molecule has 0 radical (unpaired) electrons. The van der Waals surface area contributed by atoms with Gasteiger partial charge in [-0.3, -0.25) is 0 Å². The Bertz CT molecular complexity index is 531. The Morgan fingerprint density at radius 2 is 2.12 bits per heavy atom. The van der Waals surface area contributed by atoms with E-state index in [0.29, 0.717) is 11.2 Å². The lowest BCUT2D eigenvalue weighted by atomic mass is 10.2. The number of ether oxygens (including phenoxy) is 1. The zero-order valence-corrected chi connectivity index (χ0v) is 9.08. The molecule has 0 saturated heterocycles. The summed E-state index contributed by atoms with van der Waals surface area (Å²) in [6.07, 6.45) is -0.171. The molecule has 0 unspecified atom stereocenters. The van der Waals surface area contributed by atoms with Crippen molar-refractivity contribution in [1.82, 2.24) is 4.98 Å². The molecule has 0 saturated carbocycles. The maximum absolute atomic E-state index is 12.9. The highest BCUT2D eigenvalue weighted by Gasteiger charge is 2.12. The highest BCUT2D eigenvalue weighted by Crippen LogP contribution is 2.17. The number of nitrogens with one attached hydrogen (secondary N) is 1. The van der Waals surface area contributed by atoms with E-state index in [1.807, 2.05) is 0 Å². The first-order valence-electron chi connectivity index (χ1n) is 5.05. The summed E-state index contributed by atoms with van der Waals surface area (Å²) in [6.45, 7) is 3.56. The van der Waals surface area contributed by atoms with Crippen LogP contribution in [0.15, 0.2) is 24.3 Å². The van der Waals surface area contributed by atoms with Crippen molar-refractivity contribution in [1.29, 1.82) is 0 Å². The molecule has 4 heteroatoms. The van der Waals surface area contributed by atoms with E-state index in [-0.39, 0.29) is 11.9 Å². The number of halogens is 1. The molecule has 16 heavy (non-hydrogen) atoms. The standard InChI is InChI=1S/C12H12FNO2/c1-7(2)16-12(15)11-5-8-3-4-9(13)6-10(8)14-11/h3-7,14H,1-2H3. The summed E-state index contributed by atoms with van der Waals surface area (Å²) in [5.41, 5.74) is 0.935. The Balaban J connectivity index is 2.36. The fourth-order valence-corrected chi connectivity index (χ4v) is 1.49. The lowest BCUT2D eigenvalue weighted by Crippen LogP contribution is -2.11. The van der Waals surface area contributed by atoms with E-state index >= 15 is 0 Å². The van der Waals surface area contributed by atoms with Crippen molar-refractivity contribution in [2.75, 3.05) is 0 Å². The largest absolute Gasteiger partial charge is 0.458 e. The van der Waals surface area contributed by atoms with Crippen LogP contribution >= 0.6 is 0 Å². The van der Waals surface area contributed by atoms with Gasteiger partial charge in [0.25, 0.3) is 0 Å². The van der Waals surface area contributed by atoms with E-state index in [4.69, 9.17) is 4.74 Å². The highest BCUT2D eigenvalue weighted by atomic mass is 19.1. The van der Waals surface area contributed by atoms with Crippen molar-refractivity contribution >= 4 is 16.9 Å². The monoisotopic (exact) mass is 221 g/mol. The molecule has 1 N–H and O–H groups in total. The molecule has 0 aliphatic rings. The van der Waals surface area contributed by atoms with Gasteiger partial charge in [-0.1, -0.05) is 0 Å². The molecule has 1 aromatic heterocycles. The average Bonchev–Trinajstić information content (AvgIpc) is 2.59. The Hall–Kier alpha value is -1.84. The number of esters is 1. The molecule has 84 valence electrons. The molecule has 0 fully saturated rings. The number of benzene rings is 1. The number of rotatable bonds is 2. The number of aromatic nitrogens is 1. The van der Waals surface area contributed by atoms with Crippen LogP contribution in [0.3, 0.4) is 0 Å². The Labute approximate surface area is 92.2 Å². The first kappa shape index (κ1) is 10.7. The Kier molecular flexibility index (Phi) is 2.64. The van der Waals surface area contributed by atoms with Crippen molar-refractivity contribution in [3.05, 3.63) is 35.8 Å². The highest BCUT2D eigenvalue weighted by molar-refractivity contribution is 5.94. The van der Waals surface area contributed by atoms with Crippen molar-refractivity contribution in [3.63, 3.8) is 0 Å². The van der Waals surface area contributed by atoms with Gasteiger partial charge in [-0.25, -0.2) is 9.18 Å². The van der Waals surface area contributed by atoms with Crippen LogP contribution in [0.1, 0.15) is 24.3 Å². The Morgan fingerprint density at radius 1 is 1.38 bits per heavy atom. The molecule has 3 nitrogen and oxygen atoms in total. The second-order valence-corrected chi connectivity index (χ2v) is 3.87. The van der Waals surface area contributed by atoms with E-state index in [1.54, 1.807) is 26.0 Å². The second kappa shape index (κ2) is 3.96. The molecular formula is C12H12FNO2. The van der Waals surface area contributed by atoms with Crippen LogP contribution in [0.4, 0.5) is 4.39 Å². The number of aromatic amines is 1. The van der Waals surface area contributed by atoms with Gasteiger partial charge < -0.3 is 9.72 Å². The first-order valence-corrected chi connectivity index (χ1v) is 5.05. The summed E-state index contributed by atoms with van der Waals surface area (Å²) in [5, 5.41) is 0.789. The van der Waals surface area contributed by atoms with E-state index in [9.17, 15) is 9.18 Å². The molecule has 0 aliphatic carbocycles. The lowest BCUT2D eigenvalue weighted by molar-refractivity contribution is 0.0372. The van der Waals surface area contributed by atoms with Gasteiger partial charge in [-0.15, -0.1) is 0 Å². The van der Waals surface area contributed by atoms with Gasteiger partial charge >= 0.3 is 5.97 Å². The molecule has 0 atom stereocenters. The van der Waals surface area contributed by atoms with Crippen LogP contribution < -0.4 is 0 Å². The zero-order valence-electron chi connectivity index (χ0n) is 9.08. The molecule has 0 spiro atoms. The number of fused-ring (bicyclic) bond motifs is 1. The van der Waals surface area contributed by atoms with Gasteiger partial charge in [0.1, 0.15) is 11.5 Å². The van der Waals surface area contributed by atoms with Crippen LogP contribution in [-0.2, 0) is 4.74 Å². The molecule has 1 heterocycles. The predicted molar refractivity (Wildman–Crippen MR) is 58.8 cm³/mol. The van der Waals surface area contributed by atoms with E-state index in [0.717, 1.165) is 5.39 Å². The number of hydrogen-bond donors (Lipinski definition) is 1. The number of carbonyl (C=O) groups excluding carboxylic acids is 1. The van der Waals surface area contributed by atoms with Crippen molar-refractivity contribution in [3.8, 4) is 0 Å². The fourth-order valence-electron chi connectivity index (χ4n) is 1.49. The van der Waals surface area contributed by atoms with E-state index in [1.165, 1.54) is 12.1 Å². The number of hydrogen-bond acceptors (Lipinski definition) is 2. The van der Waals surface area contributed by atoms with Crippen molar-refractivity contribution in [2.24, 2.45) is 0 Å².